The fraction of sp³-hybridized carbons (Fsp3) is 0.600. The highest BCUT2D eigenvalue weighted by molar-refractivity contribution is 7.98. The second kappa shape index (κ2) is 7.76. The lowest BCUT2D eigenvalue weighted by Crippen LogP contribution is -2.30. The van der Waals surface area contributed by atoms with Crippen molar-refractivity contribution in [3.8, 4) is 11.5 Å². The van der Waals surface area contributed by atoms with E-state index in [1.807, 2.05) is 6.92 Å². The van der Waals surface area contributed by atoms with E-state index in [1.165, 1.54) is 10.5 Å². The molecule has 112 valence electrons. The molecule has 0 amide bonds. The van der Waals surface area contributed by atoms with E-state index in [4.69, 9.17) is 14.2 Å². The second-order valence-corrected chi connectivity index (χ2v) is 5.60. The predicted octanol–water partition coefficient (Wildman–Crippen LogP) is 2.69. The van der Waals surface area contributed by atoms with Crippen molar-refractivity contribution in [1.82, 2.24) is 5.32 Å². The summed E-state index contributed by atoms with van der Waals surface area (Å²) in [4.78, 5) is 1.23. The van der Waals surface area contributed by atoms with Gasteiger partial charge in [0.25, 0.3) is 0 Å². The summed E-state index contributed by atoms with van der Waals surface area (Å²) in [7, 11) is 0. The first-order valence-corrected chi connectivity index (χ1v) is 8.24. The summed E-state index contributed by atoms with van der Waals surface area (Å²) >= 11 is 1.73. The minimum Gasteiger partial charge on any atom is -0.486 e. The van der Waals surface area contributed by atoms with E-state index in [1.54, 1.807) is 11.8 Å². The second-order valence-electron chi connectivity index (χ2n) is 4.75. The van der Waals surface area contributed by atoms with Crippen LogP contribution in [0.15, 0.2) is 17.0 Å². The molecule has 1 atom stereocenters. The van der Waals surface area contributed by atoms with Crippen LogP contribution in [0.2, 0.25) is 0 Å². The summed E-state index contributed by atoms with van der Waals surface area (Å²) in [6.07, 6.45) is 2.08. The number of rotatable bonds is 7. The van der Waals surface area contributed by atoms with Crippen LogP contribution in [-0.2, 0) is 11.3 Å². The van der Waals surface area contributed by atoms with E-state index in [-0.39, 0.29) is 0 Å². The fourth-order valence-electron chi connectivity index (χ4n) is 2.08. The van der Waals surface area contributed by atoms with Gasteiger partial charge in [-0.05, 0) is 37.8 Å². The van der Waals surface area contributed by atoms with Crippen molar-refractivity contribution in [3.05, 3.63) is 17.7 Å². The van der Waals surface area contributed by atoms with Crippen LogP contribution >= 0.6 is 11.8 Å². The molecule has 0 radical (unpaired) electrons. The average molecular weight is 297 g/mol. The van der Waals surface area contributed by atoms with Crippen molar-refractivity contribution in [1.29, 1.82) is 0 Å². The summed E-state index contributed by atoms with van der Waals surface area (Å²) in [5.41, 5.74) is 1.24. The third-order valence-electron chi connectivity index (χ3n) is 3.16. The predicted molar refractivity (Wildman–Crippen MR) is 82.0 cm³/mol. The zero-order valence-corrected chi connectivity index (χ0v) is 13.2. The largest absolute Gasteiger partial charge is 0.486 e. The van der Waals surface area contributed by atoms with Gasteiger partial charge in [0, 0.05) is 24.1 Å². The highest BCUT2D eigenvalue weighted by atomic mass is 32.2. The first-order chi connectivity index (χ1) is 9.74. The number of nitrogens with one attached hydrogen (secondary N) is 1. The smallest absolute Gasteiger partial charge is 0.162 e. The van der Waals surface area contributed by atoms with Crippen LogP contribution in [0.4, 0.5) is 0 Å². The van der Waals surface area contributed by atoms with Gasteiger partial charge in [0.15, 0.2) is 11.5 Å². The lowest BCUT2D eigenvalue weighted by atomic mass is 10.1. The van der Waals surface area contributed by atoms with Gasteiger partial charge < -0.3 is 19.5 Å². The number of thioether (sulfide) groups is 1. The molecule has 2 rings (SSSR count). The molecule has 1 aliphatic rings. The van der Waals surface area contributed by atoms with Crippen LogP contribution in [0.5, 0.6) is 11.5 Å². The molecule has 1 N–H and O–H groups in total. The summed E-state index contributed by atoms with van der Waals surface area (Å²) in [6.45, 7) is 7.69. The van der Waals surface area contributed by atoms with E-state index >= 15 is 0 Å². The van der Waals surface area contributed by atoms with Crippen LogP contribution in [0.3, 0.4) is 0 Å². The van der Waals surface area contributed by atoms with Crippen molar-refractivity contribution in [2.45, 2.75) is 31.3 Å². The number of ether oxygens (including phenoxy) is 3. The molecule has 0 bridgehead atoms. The number of fused-ring (bicyclic) bond motifs is 1. The number of hydrogen-bond acceptors (Lipinski definition) is 5. The zero-order valence-electron chi connectivity index (χ0n) is 12.4. The van der Waals surface area contributed by atoms with Crippen molar-refractivity contribution in [3.63, 3.8) is 0 Å². The molecule has 20 heavy (non-hydrogen) atoms. The Labute approximate surface area is 125 Å². The summed E-state index contributed by atoms with van der Waals surface area (Å²) in [5.74, 6) is 1.70. The monoisotopic (exact) mass is 297 g/mol. The Hall–Kier alpha value is -0.910. The minimum absolute atomic E-state index is 0.331. The Morgan fingerprint density at radius 1 is 1.30 bits per heavy atom. The van der Waals surface area contributed by atoms with Gasteiger partial charge >= 0.3 is 0 Å². The maximum Gasteiger partial charge on any atom is 0.162 e. The third-order valence-corrected chi connectivity index (χ3v) is 3.98. The van der Waals surface area contributed by atoms with Gasteiger partial charge in [-0.2, -0.15) is 0 Å². The molecule has 5 heteroatoms. The molecule has 0 fully saturated rings. The standard InChI is InChI=1S/C15H23NO3S/c1-4-17-10-11(2)16-9-12-7-13-14(8-15(12)20-3)19-6-5-18-13/h7-8,11,16H,4-6,9-10H2,1-3H3. The normalized spacial score (nSPS) is 15.2. The van der Waals surface area contributed by atoms with E-state index in [0.717, 1.165) is 31.3 Å². The van der Waals surface area contributed by atoms with Gasteiger partial charge in [-0.1, -0.05) is 0 Å². The third kappa shape index (κ3) is 4.04. The molecule has 1 heterocycles. The molecule has 0 aliphatic carbocycles. The van der Waals surface area contributed by atoms with E-state index in [0.29, 0.717) is 19.3 Å². The maximum absolute atomic E-state index is 5.65. The molecule has 0 spiro atoms. The van der Waals surface area contributed by atoms with Gasteiger partial charge in [0.1, 0.15) is 13.2 Å². The van der Waals surface area contributed by atoms with Crippen LogP contribution in [0, 0.1) is 0 Å². The van der Waals surface area contributed by atoms with Crippen LogP contribution < -0.4 is 14.8 Å². The van der Waals surface area contributed by atoms with Gasteiger partial charge in [-0.25, -0.2) is 0 Å². The van der Waals surface area contributed by atoms with Crippen molar-refractivity contribution in [2.75, 3.05) is 32.7 Å². The average Bonchev–Trinajstić information content (AvgIpc) is 2.49. The highest BCUT2D eigenvalue weighted by Crippen LogP contribution is 2.36. The SMILES string of the molecule is CCOCC(C)NCc1cc2c(cc1SC)OCCO2. The van der Waals surface area contributed by atoms with Crippen molar-refractivity contribution >= 4 is 11.8 Å². The molecule has 1 aliphatic heterocycles. The molecule has 1 unspecified atom stereocenters. The molecule has 1 aromatic rings. The summed E-state index contributed by atoms with van der Waals surface area (Å²) in [5, 5.41) is 3.48. The summed E-state index contributed by atoms with van der Waals surface area (Å²) in [6, 6.07) is 4.49. The Balaban J connectivity index is 2.02. The van der Waals surface area contributed by atoms with Gasteiger partial charge in [0.2, 0.25) is 0 Å². The molecular weight excluding hydrogens is 274 g/mol. The lowest BCUT2D eigenvalue weighted by Gasteiger charge is -2.21. The molecule has 1 aromatic carbocycles. The molecule has 0 aromatic heterocycles. The van der Waals surface area contributed by atoms with E-state index in [9.17, 15) is 0 Å². The first-order valence-electron chi connectivity index (χ1n) is 7.02. The highest BCUT2D eigenvalue weighted by Gasteiger charge is 2.15. The summed E-state index contributed by atoms with van der Waals surface area (Å²) < 4.78 is 16.7. The number of benzene rings is 1. The molecule has 4 nitrogen and oxygen atoms in total. The zero-order chi connectivity index (χ0) is 14.4. The Morgan fingerprint density at radius 3 is 2.65 bits per heavy atom. The number of hydrogen-bond donors (Lipinski definition) is 1. The van der Waals surface area contributed by atoms with Crippen LogP contribution in [0.1, 0.15) is 19.4 Å². The lowest BCUT2D eigenvalue weighted by molar-refractivity contribution is 0.127. The van der Waals surface area contributed by atoms with Crippen molar-refractivity contribution < 1.29 is 14.2 Å². The topological polar surface area (TPSA) is 39.7 Å². The first kappa shape index (κ1) is 15.5. The Morgan fingerprint density at radius 2 is 2.00 bits per heavy atom. The van der Waals surface area contributed by atoms with Gasteiger partial charge in [0.05, 0.1) is 6.61 Å². The maximum atomic E-state index is 5.65. The Kier molecular flexibility index (Phi) is 6.01. The van der Waals surface area contributed by atoms with E-state index in [2.05, 4.69) is 30.6 Å². The van der Waals surface area contributed by atoms with Gasteiger partial charge in [-0.3, -0.25) is 0 Å². The molecule has 0 saturated heterocycles. The van der Waals surface area contributed by atoms with Crippen LogP contribution in [-0.4, -0.2) is 38.7 Å². The molecular formula is C15H23NO3S. The molecule has 0 saturated carbocycles. The van der Waals surface area contributed by atoms with Gasteiger partial charge in [-0.15, -0.1) is 11.8 Å². The Bertz CT molecular complexity index is 439. The minimum atomic E-state index is 0.331. The fourth-order valence-corrected chi connectivity index (χ4v) is 2.70. The van der Waals surface area contributed by atoms with E-state index < -0.39 is 0 Å². The van der Waals surface area contributed by atoms with Crippen molar-refractivity contribution in [2.24, 2.45) is 0 Å². The van der Waals surface area contributed by atoms with Crippen LogP contribution in [0.25, 0.3) is 0 Å². The quantitative estimate of drug-likeness (QED) is 0.784.